The van der Waals surface area contributed by atoms with Crippen molar-refractivity contribution < 1.29 is 9.47 Å². The number of ether oxygens (including phenoxy) is 2. The van der Waals surface area contributed by atoms with Crippen LogP contribution in [0, 0.1) is 0 Å². The van der Waals surface area contributed by atoms with Gasteiger partial charge in [-0.15, -0.1) is 24.0 Å². The Kier molecular flexibility index (Phi) is 9.01. The first kappa shape index (κ1) is 24.2. The second-order valence-corrected chi connectivity index (χ2v) is 7.78. The van der Waals surface area contributed by atoms with Crippen molar-refractivity contribution in [2.75, 3.05) is 20.7 Å². The molecule has 8 heteroatoms. The molecule has 3 N–H and O–H groups in total. The normalized spacial score (nSPS) is 14.2. The third-order valence-electron chi connectivity index (χ3n) is 5.63. The number of halogens is 1. The maximum Gasteiger partial charge on any atom is 0.191 e. The first-order valence-corrected chi connectivity index (χ1v) is 11.0. The molecule has 1 heterocycles. The van der Waals surface area contributed by atoms with Crippen LogP contribution in [0.1, 0.15) is 37.1 Å². The second-order valence-electron chi connectivity index (χ2n) is 7.78. The molecule has 1 saturated carbocycles. The Morgan fingerprint density at radius 2 is 1.94 bits per heavy atom. The number of nitrogens with zero attached hydrogens (tertiary/aromatic N) is 2. The Labute approximate surface area is 206 Å². The minimum Gasteiger partial charge on any atom is -0.493 e. The molecule has 1 aromatic heterocycles. The van der Waals surface area contributed by atoms with Crippen molar-refractivity contribution in [3.8, 4) is 11.5 Å². The molecule has 172 valence electrons. The number of hydrogen-bond acceptors (Lipinski definition) is 4. The molecule has 0 atom stereocenters. The first-order chi connectivity index (χ1) is 15.3. The van der Waals surface area contributed by atoms with Gasteiger partial charge in [-0.3, -0.25) is 4.99 Å². The zero-order chi connectivity index (χ0) is 21.5. The van der Waals surface area contributed by atoms with Crippen molar-refractivity contribution >= 4 is 41.0 Å². The van der Waals surface area contributed by atoms with Crippen LogP contribution in [0.5, 0.6) is 11.5 Å². The van der Waals surface area contributed by atoms with E-state index in [1.54, 1.807) is 14.2 Å². The lowest BCUT2D eigenvalue weighted by Gasteiger charge is -2.20. The number of nitrogens with one attached hydrogen (secondary N) is 3. The van der Waals surface area contributed by atoms with E-state index < -0.39 is 0 Å². The summed E-state index contributed by atoms with van der Waals surface area (Å²) in [6.07, 6.45) is 5.73. The Morgan fingerprint density at radius 3 is 2.69 bits per heavy atom. The summed E-state index contributed by atoms with van der Waals surface area (Å²) in [4.78, 5) is 12.3. The summed E-state index contributed by atoms with van der Waals surface area (Å²) in [5, 5.41) is 6.75. The van der Waals surface area contributed by atoms with E-state index in [-0.39, 0.29) is 30.1 Å². The van der Waals surface area contributed by atoms with Gasteiger partial charge in [0.05, 0.1) is 24.2 Å². The van der Waals surface area contributed by atoms with E-state index in [9.17, 15) is 0 Å². The second kappa shape index (κ2) is 11.9. The molecule has 0 unspecified atom stereocenters. The van der Waals surface area contributed by atoms with Gasteiger partial charge in [0.1, 0.15) is 5.82 Å². The average Bonchev–Trinajstić information content (AvgIpc) is 3.46. The highest BCUT2D eigenvalue weighted by Crippen LogP contribution is 2.34. The maximum atomic E-state index is 6.32. The SMILES string of the molecule is CN=C(NCCc1nc2ccccc2[nH]1)NCc1cccc(OC)c1OC1CCCC1.I. The molecular weight excluding hydrogens is 517 g/mol. The van der Waals surface area contributed by atoms with E-state index in [1.807, 2.05) is 36.4 Å². The molecule has 2 aromatic carbocycles. The predicted octanol–water partition coefficient (Wildman–Crippen LogP) is 4.42. The van der Waals surface area contributed by atoms with Crippen molar-refractivity contribution in [3.05, 3.63) is 53.9 Å². The molecule has 32 heavy (non-hydrogen) atoms. The van der Waals surface area contributed by atoms with Gasteiger partial charge < -0.3 is 25.1 Å². The van der Waals surface area contributed by atoms with Crippen LogP contribution in [0.25, 0.3) is 11.0 Å². The van der Waals surface area contributed by atoms with E-state index >= 15 is 0 Å². The third kappa shape index (κ3) is 6.05. The summed E-state index contributed by atoms with van der Waals surface area (Å²) < 4.78 is 11.9. The first-order valence-electron chi connectivity index (χ1n) is 11.0. The molecule has 0 amide bonds. The van der Waals surface area contributed by atoms with Crippen LogP contribution in [0.2, 0.25) is 0 Å². The number of guanidine groups is 1. The van der Waals surface area contributed by atoms with Gasteiger partial charge in [0.25, 0.3) is 0 Å². The lowest BCUT2D eigenvalue weighted by atomic mass is 10.1. The fraction of sp³-hybridized carbons (Fsp3) is 0.417. The van der Waals surface area contributed by atoms with Gasteiger partial charge in [-0.2, -0.15) is 0 Å². The predicted molar refractivity (Wildman–Crippen MR) is 139 cm³/mol. The number of hydrogen-bond donors (Lipinski definition) is 3. The summed E-state index contributed by atoms with van der Waals surface area (Å²) in [5.41, 5.74) is 3.12. The average molecular weight is 549 g/mol. The van der Waals surface area contributed by atoms with Crippen LogP contribution < -0.4 is 20.1 Å². The van der Waals surface area contributed by atoms with Gasteiger partial charge >= 0.3 is 0 Å². The summed E-state index contributed by atoms with van der Waals surface area (Å²) >= 11 is 0. The van der Waals surface area contributed by atoms with Crippen molar-refractivity contribution in [2.45, 2.75) is 44.8 Å². The zero-order valence-corrected chi connectivity index (χ0v) is 21.0. The molecule has 0 bridgehead atoms. The topological polar surface area (TPSA) is 83.6 Å². The standard InChI is InChI=1S/C24H31N5O2.HI/c1-25-24(26-15-14-22-28-19-11-5-6-12-20(19)29-22)27-16-17-8-7-13-21(30-2)23(17)31-18-9-3-4-10-18;/h5-8,11-13,18H,3-4,9-10,14-16H2,1-2H3,(H,28,29)(H2,25,26,27);1H. The minimum atomic E-state index is 0. The molecule has 7 nitrogen and oxygen atoms in total. The number of H-pyrrole nitrogens is 1. The summed E-state index contributed by atoms with van der Waals surface area (Å²) in [6, 6.07) is 14.1. The number of methoxy groups -OCH3 is 1. The number of para-hydroxylation sites is 3. The van der Waals surface area contributed by atoms with Crippen LogP contribution in [0.15, 0.2) is 47.5 Å². The van der Waals surface area contributed by atoms with Gasteiger partial charge in [0, 0.05) is 32.1 Å². The maximum absolute atomic E-state index is 6.32. The van der Waals surface area contributed by atoms with Crippen LogP contribution in [0.3, 0.4) is 0 Å². The van der Waals surface area contributed by atoms with E-state index in [0.717, 1.165) is 65.7 Å². The highest BCUT2D eigenvalue weighted by atomic mass is 127. The fourth-order valence-electron chi connectivity index (χ4n) is 3.99. The summed E-state index contributed by atoms with van der Waals surface area (Å²) in [6.45, 7) is 1.33. The molecule has 0 radical (unpaired) electrons. The largest absolute Gasteiger partial charge is 0.493 e. The number of aromatic nitrogens is 2. The van der Waals surface area contributed by atoms with Crippen LogP contribution in [-0.4, -0.2) is 42.7 Å². The van der Waals surface area contributed by atoms with Crippen molar-refractivity contribution in [1.82, 2.24) is 20.6 Å². The molecule has 0 spiro atoms. The molecule has 0 saturated heterocycles. The summed E-state index contributed by atoms with van der Waals surface area (Å²) in [5.74, 6) is 3.32. The van der Waals surface area contributed by atoms with Crippen molar-refractivity contribution in [2.24, 2.45) is 4.99 Å². The number of aliphatic imine (C=N–C) groups is 1. The van der Waals surface area contributed by atoms with Gasteiger partial charge in [-0.25, -0.2) is 4.98 Å². The summed E-state index contributed by atoms with van der Waals surface area (Å²) in [7, 11) is 3.46. The highest BCUT2D eigenvalue weighted by Gasteiger charge is 2.20. The third-order valence-corrected chi connectivity index (χ3v) is 5.63. The van der Waals surface area contributed by atoms with E-state index in [4.69, 9.17) is 9.47 Å². The molecule has 1 fully saturated rings. The van der Waals surface area contributed by atoms with E-state index in [0.29, 0.717) is 6.54 Å². The number of imidazole rings is 1. The van der Waals surface area contributed by atoms with Crippen molar-refractivity contribution in [1.29, 1.82) is 0 Å². The van der Waals surface area contributed by atoms with Gasteiger partial charge in [-0.05, 0) is 43.9 Å². The quantitative estimate of drug-likeness (QED) is 0.220. The fourth-order valence-corrected chi connectivity index (χ4v) is 3.99. The van der Waals surface area contributed by atoms with Crippen LogP contribution in [-0.2, 0) is 13.0 Å². The number of benzene rings is 2. The lowest BCUT2D eigenvalue weighted by molar-refractivity contribution is 0.198. The Balaban J connectivity index is 0.00000289. The number of fused-ring (bicyclic) bond motifs is 1. The number of aromatic amines is 1. The Hall–Kier alpha value is -2.49. The van der Waals surface area contributed by atoms with Crippen LogP contribution in [0.4, 0.5) is 0 Å². The Morgan fingerprint density at radius 1 is 1.12 bits per heavy atom. The zero-order valence-electron chi connectivity index (χ0n) is 18.7. The molecule has 3 aromatic rings. The Bertz CT molecular complexity index is 997. The molecule has 1 aliphatic carbocycles. The monoisotopic (exact) mass is 549 g/mol. The number of rotatable bonds is 8. The molecule has 1 aliphatic rings. The molecule has 0 aliphatic heterocycles. The van der Waals surface area contributed by atoms with E-state index in [1.165, 1.54) is 12.8 Å². The smallest absolute Gasteiger partial charge is 0.191 e. The van der Waals surface area contributed by atoms with Crippen molar-refractivity contribution in [3.63, 3.8) is 0 Å². The highest BCUT2D eigenvalue weighted by molar-refractivity contribution is 14.0. The van der Waals surface area contributed by atoms with Gasteiger partial charge in [-0.1, -0.05) is 24.3 Å². The lowest BCUT2D eigenvalue weighted by Crippen LogP contribution is -2.38. The molecular formula is C24H32IN5O2. The minimum absolute atomic E-state index is 0. The van der Waals surface area contributed by atoms with Crippen LogP contribution >= 0.6 is 24.0 Å². The molecule has 4 rings (SSSR count). The van der Waals surface area contributed by atoms with Gasteiger partial charge in [0.15, 0.2) is 17.5 Å². The van der Waals surface area contributed by atoms with E-state index in [2.05, 4.69) is 31.7 Å². The van der Waals surface area contributed by atoms with Gasteiger partial charge in [0.2, 0.25) is 0 Å².